The van der Waals surface area contributed by atoms with Gasteiger partial charge in [-0.15, -0.1) is 0 Å². The SMILES string of the molecule is CCN(C)S(=O)(=O)Nc1ccc(F)c(C(=O)c2c[nH]c3ncc(-c4ccc(N5CCN(C(=O)CN6CCC(c7ccc(N8CCC(=O)NC8=O)cc7)CC6)CC5)nc4)cc23)c1F. The predicted molar refractivity (Wildman–Crippen MR) is 229 cm³/mol. The summed E-state index contributed by atoms with van der Waals surface area (Å²) in [6.07, 6.45) is 6.72. The number of hydrogen-bond acceptors (Lipinski definition) is 10. The normalized spacial score (nSPS) is 16.9. The average molecular weight is 869 g/mol. The van der Waals surface area contributed by atoms with Crippen molar-refractivity contribution in [1.29, 1.82) is 0 Å². The molecule has 3 fully saturated rings. The van der Waals surface area contributed by atoms with E-state index in [1.165, 1.54) is 18.8 Å². The monoisotopic (exact) mass is 868 g/mol. The predicted octanol–water partition coefficient (Wildman–Crippen LogP) is 4.72. The van der Waals surface area contributed by atoms with Crippen molar-refractivity contribution in [3.8, 4) is 11.1 Å². The number of rotatable bonds is 12. The van der Waals surface area contributed by atoms with Gasteiger partial charge in [-0.1, -0.05) is 19.1 Å². The summed E-state index contributed by atoms with van der Waals surface area (Å²) < 4.78 is 58.7. The lowest BCUT2D eigenvalue weighted by Gasteiger charge is -2.37. The van der Waals surface area contributed by atoms with E-state index < -0.39 is 44.9 Å². The molecule has 16 nitrogen and oxygen atoms in total. The second-order valence-corrected chi connectivity index (χ2v) is 17.4. The van der Waals surface area contributed by atoms with Gasteiger partial charge >= 0.3 is 16.2 Å². The van der Waals surface area contributed by atoms with Crippen LogP contribution in [0.3, 0.4) is 0 Å². The summed E-state index contributed by atoms with van der Waals surface area (Å²) in [5, 5.41) is 2.67. The maximum atomic E-state index is 15.6. The molecule has 0 aliphatic carbocycles. The number of H-pyrrole nitrogens is 1. The minimum Gasteiger partial charge on any atom is -0.353 e. The minimum atomic E-state index is -4.15. The summed E-state index contributed by atoms with van der Waals surface area (Å²) in [7, 11) is -2.85. The van der Waals surface area contributed by atoms with Gasteiger partial charge in [-0.25, -0.2) is 23.5 Å². The summed E-state index contributed by atoms with van der Waals surface area (Å²) in [6.45, 7) is 6.38. The summed E-state index contributed by atoms with van der Waals surface area (Å²) in [5.41, 5.74) is 2.06. The number of halogens is 2. The van der Waals surface area contributed by atoms with Gasteiger partial charge in [-0.2, -0.15) is 12.7 Å². The van der Waals surface area contributed by atoms with Crippen molar-refractivity contribution in [1.82, 2.24) is 34.4 Å². The Labute approximate surface area is 357 Å². The number of hydrogen-bond donors (Lipinski definition) is 3. The number of ketones is 1. The van der Waals surface area contributed by atoms with Crippen LogP contribution in [-0.2, 0) is 19.8 Å². The summed E-state index contributed by atoms with van der Waals surface area (Å²) in [4.78, 5) is 70.5. The molecule has 5 aromatic rings. The largest absolute Gasteiger partial charge is 0.353 e. The van der Waals surface area contributed by atoms with E-state index in [-0.39, 0.29) is 30.3 Å². The van der Waals surface area contributed by atoms with Crippen LogP contribution in [0.4, 0.5) is 30.8 Å². The standard InChI is InChI=1S/C43H46F2N10O6S/c1-3-51(2)62(60,61)50-35-10-9-34(44)39(40(35)45)41(58)33-25-48-42-32(33)22-30(24-47-42)29-6-11-36(46-23-29)53-18-20-54(21-19-53)38(57)26-52-15-12-28(13-16-52)27-4-7-31(8-5-27)55-17-14-37(56)49-43(55)59/h4-11,22-25,28,50H,3,12-21,26H2,1-2H3,(H,47,48)(H,49,56,59). The highest BCUT2D eigenvalue weighted by atomic mass is 32.2. The zero-order valence-electron chi connectivity index (χ0n) is 34.2. The molecular formula is C43H46F2N10O6S. The Kier molecular flexibility index (Phi) is 12.0. The van der Waals surface area contributed by atoms with Crippen LogP contribution in [0.5, 0.6) is 0 Å². The number of carbonyl (C=O) groups excluding carboxylic acids is 4. The fourth-order valence-corrected chi connectivity index (χ4v) is 9.02. The minimum absolute atomic E-state index is 0.0476. The molecule has 6 heterocycles. The van der Waals surface area contributed by atoms with Gasteiger partial charge in [0.05, 0.1) is 17.8 Å². The van der Waals surface area contributed by atoms with E-state index in [4.69, 9.17) is 0 Å². The smallest absolute Gasteiger partial charge is 0.328 e. The number of amides is 4. The Morgan fingerprint density at radius 1 is 0.903 bits per heavy atom. The average Bonchev–Trinajstić information content (AvgIpc) is 3.71. The number of carbonyl (C=O) groups is 4. The third kappa shape index (κ3) is 8.73. The number of pyridine rings is 2. The van der Waals surface area contributed by atoms with Gasteiger partial charge in [0, 0.05) is 99.1 Å². The van der Waals surface area contributed by atoms with Crippen LogP contribution in [0, 0.1) is 11.6 Å². The molecule has 0 radical (unpaired) electrons. The van der Waals surface area contributed by atoms with Crippen LogP contribution >= 0.6 is 0 Å². The Morgan fingerprint density at radius 3 is 2.31 bits per heavy atom. The van der Waals surface area contributed by atoms with Crippen LogP contribution in [0.2, 0.25) is 0 Å². The first-order chi connectivity index (χ1) is 29.8. The fourth-order valence-electron chi connectivity index (χ4n) is 8.09. The van der Waals surface area contributed by atoms with Crippen LogP contribution in [0.1, 0.15) is 53.6 Å². The zero-order valence-corrected chi connectivity index (χ0v) is 35.1. The van der Waals surface area contributed by atoms with Crippen molar-refractivity contribution in [3.05, 3.63) is 102 Å². The van der Waals surface area contributed by atoms with Crippen molar-refractivity contribution in [2.75, 3.05) is 80.5 Å². The first-order valence-electron chi connectivity index (χ1n) is 20.5. The lowest BCUT2D eigenvalue weighted by molar-refractivity contribution is -0.133. The van der Waals surface area contributed by atoms with Gasteiger partial charge in [-0.05, 0) is 79.9 Å². The second kappa shape index (κ2) is 17.6. The van der Waals surface area contributed by atoms with Crippen molar-refractivity contribution in [2.45, 2.75) is 32.1 Å². The molecule has 0 bridgehead atoms. The summed E-state index contributed by atoms with van der Waals surface area (Å²) >= 11 is 0. The second-order valence-electron chi connectivity index (χ2n) is 15.6. The highest BCUT2D eigenvalue weighted by Crippen LogP contribution is 2.32. The highest BCUT2D eigenvalue weighted by molar-refractivity contribution is 7.90. The summed E-state index contributed by atoms with van der Waals surface area (Å²) in [5.74, 6) is -2.53. The van der Waals surface area contributed by atoms with Gasteiger partial charge in [0.15, 0.2) is 5.82 Å². The topological polar surface area (TPSA) is 184 Å². The number of anilines is 3. The molecule has 0 atom stereocenters. The number of fused-ring (bicyclic) bond motifs is 1. The van der Waals surface area contributed by atoms with Crippen LogP contribution in [0.15, 0.2) is 73.2 Å². The van der Waals surface area contributed by atoms with E-state index in [9.17, 15) is 27.6 Å². The van der Waals surface area contributed by atoms with E-state index in [2.05, 4.69) is 34.8 Å². The molecule has 324 valence electrons. The van der Waals surface area contributed by atoms with Gasteiger partial charge in [0.1, 0.15) is 17.3 Å². The first kappa shape index (κ1) is 42.4. The lowest BCUT2D eigenvalue weighted by atomic mass is 9.89. The quantitative estimate of drug-likeness (QED) is 0.148. The van der Waals surface area contributed by atoms with Crippen molar-refractivity contribution >= 4 is 62.1 Å². The number of nitrogens with zero attached hydrogens (tertiary/aromatic N) is 7. The molecule has 3 aromatic heterocycles. The van der Waals surface area contributed by atoms with E-state index in [1.807, 2.05) is 41.3 Å². The molecule has 8 rings (SSSR count). The Balaban J connectivity index is 0.846. The molecule has 62 heavy (non-hydrogen) atoms. The van der Waals surface area contributed by atoms with Crippen LogP contribution in [-0.4, -0.2) is 127 Å². The molecule has 2 aromatic carbocycles. The fraction of sp³-hybridized carbons (Fsp3) is 0.349. The van der Waals surface area contributed by atoms with E-state index in [0.717, 1.165) is 53.9 Å². The molecule has 0 unspecified atom stereocenters. The zero-order chi connectivity index (χ0) is 43.7. The molecule has 3 N–H and O–H groups in total. The van der Waals surface area contributed by atoms with Crippen molar-refractivity contribution in [3.63, 3.8) is 0 Å². The molecule has 4 amide bonds. The van der Waals surface area contributed by atoms with E-state index >= 15 is 8.78 Å². The number of piperidine rings is 1. The highest BCUT2D eigenvalue weighted by Gasteiger charge is 2.30. The molecule has 3 saturated heterocycles. The number of piperazine rings is 1. The number of aromatic amines is 1. The van der Waals surface area contributed by atoms with E-state index in [1.54, 1.807) is 30.3 Å². The molecule has 0 saturated carbocycles. The van der Waals surface area contributed by atoms with E-state index in [0.29, 0.717) is 67.3 Å². The van der Waals surface area contributed by atoms with Gasteiger partial charge in [0.2, 0.25) is 17.6 Å². The number of likely N-dealkylation sites (tertiary alicyclic amines) is 1. The number of benzene rings is 2. The first-order valence-corrected chi connectivity index (χ1v) is 21.9. The van der Waals surface area contributed by atoms with Gasteiger partial charge in [0.25, 0.3) is 0 Å². The number of nitrogens with one attached hydrogen (secondary N) is 3. The Morgan fingerprint density at radius 2 is 1.63 bits per heavy atom. The summed E-state index contributed by atoms with van der Waals surface area (Å²) in [6, 6.07) is 14.7. The van der Waals surface area contributed by atoms with Crippen LogP contribution in [0.25, 0.3) is 22.2 Å². The molecular weight excluding hydrogens is 823 g/mol. The van der Waals surface area contributed by atoms with Gasteiger partial charge < -0.3 is 14.8 Å². The molecule has 0 spiro atoms. The van der Waals surface area contributed by atoms with Gasteiger partial charge in [-0.3, -0.25) is 34.2 Å². The maximum Gasteiger partial charge on any atom is 0.328 e. The van der Waals surface area contributed by atoms with Crippen molar-refractivity contribution < 1.29 is 36.4 Å². The third-order valence-corrected chi connectivity index (χ3v) is 13.5. The molecule has 19 heteroatoms. The van der Waals surface area contributed by atoms with Crippen LogP contribution < -0.4 is 19.8 Å². The maximum absolute atomic E-state index is 15.6. The van der Waals surface area contributed by atoms with Crippen molar-refractivity contribution in [2.24, 2.45) is 0 Å². The molecule has 3 aliphatic heterocycles. The molecule has 3 aliphatic rings. The third-order valence-electron chi connectivity index (χ3n) is 11.9. The number of imide groups is 1. The lowest BCUT2D eigenvalue weighted by Crippen LogP contribution is -2.52. The Bertz CT molecular complexity index is 2630. The Hall–Kier alpha value is -6.31. The number of aromatic nitrogens is 3. The number of urea groups is 1.